The molecule has 0 fully saturated rings. The van der Waals surface area contributed by atoms with E-state index in [1.165, 1.54) is 0 Å². The van der Waals surface area contributed by atoms with Gasteiger partial charge in [0.05, 0.1) is 11.9 Å². The number of aryl methyl sites for hydroxylation is 4. The molecular formula is C15H23N5O. The van der Waals surface area contributed by atoms with E-state index < -0.39 is 0 Å². The predicted octanol–water partition coefficient (Wildman–Crippen LogP) is 1.64. The minimum Gasteiger partial charge on any atom is -0.352 e. The Labute approximate surface area is 125 Å². The fourth-order valence-corrected chi connectivity index (χ4v) is 2.29. The smallest absolute Gasteiger partial charge is 0.220 e. The number of amides is 1. The van der Waals surface area contributed by atoms with Gasteiger partial charge < -0.3 is 5.32 Å². The molecule has 0 bridgehead atoms. The molecule has 0 radical (unpaired) electrons. The summed E-state index contributed by atoms with van der Waals surface area (Å²) < 4.78 is 3.76. The first-order valence-corrected chi connectivity index (χ1v) is 7.22. The van der Waals surface area contributed by atoms with E-state index in [1.807, 2.05) is 43.2 Å². The molecule has 0 aliphatic rings. The van der Waals surface area contributed by atoms with Gasteiger partial charge in [-0.25, -0.2) is 0 Å². The van der Waals surface area contributed by atoms with E-state index in [0.29, 0.717) is 13.0 Å². The van der Waals surface area contributed by atoms with Gasteiger partial charge in [-0.05, 0) is 33.3 Å². The lowest BCUT2D eigenvalue weighted by Crippen LogP contribution is -2.23. The minimum absolute atomic E-state index is 0.0692. The van der Waals surface area contributed by atoms with Gasteiger partial charge in [0.25, 0.3) is 0 Å². The lowest BCUT2D eigenvalue weighted by molar-refractivity contribution is -0.121. The molecule has 0 saturated heterocycles. The number of hydrogen-bond donors (Lipinski definition) is 1. The molecule has 0 unspecified atom stereocenters. The van der Waals surface area contributed by atoms with Crippen molar-refractivity contribution < 1.29 is 4.79 Å². The van der Waals surface area contributed by atoms with Crippen molar-refractivity contribution in [1.29, 1.82) is 0 Å². The molecule has 0 aliphatic heterocycles. The van der Waals surface area contributed by atoms with Crippen LogP contribution in [-0.4, -0.2) is 25.5 Å². The second-order valence-corrected chi connectivity index (χ2v) is 5.41. The molecule has 2 heterocycles. The summed E-state index contributed by atoms with van der Waals surface area (Å²) in [6, 6.07) is 2.05. The highest BCUT2D eigenvalue weighted by Crippen LogP contribution is 2.06. The summed E-state index contributed by atoms with van der Waals surface area (Å²) in [6.45, 7) is 7.33. The van der Waals surface area contributed by atoms with Crippen molar-refractivity contribution in [3.63, 3.8) is 0 Å². The first kappa shape index (κ1) is 15.3. The number of carbonyl (C=O) groups excluding carboxylic acids is 1. The van der Waals surface area contributed by atoms with Gasteiger partial charge in [0.15, 0.2) is 0 Å². The number of carbonyl (C=O) groups is 1. The van der Waals surface area contributed by atoms with Crippen LogP contribution >= 0.6 is 0 Å². The minimum atomic E-state index is 0.0692. The van der Waals surface area contributed by atoms with Gasteiger partial charge >= 0.3 is 0 Å². The van der Waals surface area contributed by atoms with E-state index in [2.05, 4.69) is 15.5 Å². The van der Waals surface area contributed by atoms with Crippen molar-refractivity contribution in [2.24, 2.45) is 7.05 Å². The van der Waals surface area contributed by atoms with Crippen molar-refractivity contribution in [3.8, 4) is 0 Å². The average Bonchev–Trinajstić information content (AvgIpc) is 2.91. The molecule has 6 heteroatoms. The molecule has 2 aromatic rings. The lowest BCUT2D eigenvalue weighted by Gasteiger charge is -2.06. The summed E-state index contributed by atoms with van der Waals surface area (Å²) in [5.41, 5.74) is 4.30. The van der Waals surface area contributed by atoms with E-state index in [1.54, 1.807) is 6.20 Å². The SMILES string of the molecule is Cc1cc(C)n(CCCC(=O)NCc2cnn(C)c2C)n1. The van der Waals surface area contributed by atoms with Crippen LogP contribution in [0.1, 0.15) is 35.5 Å². The predicted molar refractivity (Wildman–Crippen MR) is 80.7 cm³/mol. The summed E-state index contributed by atoms with van der Waals surface area (Å²) in [7, 11) is 1.90. The molecule has 1 N–H and O–H groups in total. The summed E-state index contributed by atoms with van der Waals surface area (Å²) >= 11 is 0. The zero-order chi connectivity index (χ0) is 15.4. The number of nitrogens with zero attached hydrogens (tertiary/aromatic N) is 4. The van der Waals surface area contributed by atoms with Gasteiger partial charge in [0.1, 0.15) is 0 Å². The fourth-order valence-electron chi connectivity index (χ4n) is 2.29. The van der Waals surface area contributed by atoms with Crippen LogP contribution in [0.5, 0.6) is 0 Å². The maximum Gasteiger partial charge on any atom is 0.220 e. The summed E-state index contributed by atoms with van der Waals surface area (Å²) in [6.07, 6.45) is 3.10. The Morgan fingerprint density at radius 1 is 1.33 bits per heavy atom. The van der Waals surface area contributed by atoms with Crippen LogP contribution in [0.25, 0.3) is 0 Å². The van der Waals surface area contributed by atoms with Gasteiger partial charge in [-0.15, -0.1) is 0 Å². The normalized spacial score (nSPS) is 10.9. The zero-order valence-corrected chi connectivity index (χ0v) is 13.2. The number of aromatic nitrogens is 4. The molecule has 0 spiro atoms. The average molecular weight is 289 g/mol. The summed E-state index contributed by atoms with van der Waals surface area (Å²) in [5, 5.41) is 11.5. The monoisotopic (exact) mass is 289 g/mol. The fraction of sp³-hybridized carbons (Fsp3) is 0.533. The Hall–Kier alpha value is -2.11. The van der Waals surface area contributed by atoms with E-state index >= 15 is 0 Å². The number of nitrogens with one attached hydrogen (secondary N) is 1. The molecule has 2 aromatic heterocycles. The molecule has 0 aromatic carbocycles. The van der Waals surface area contributed by atoms with Crippen LogP contribution in [0.3, 0.4) is 0 Å². The molecule has 21 heavy (non-hydrogen) atoms. The van der Waals surface area contributed by atoms with Crippen molar-refractivity contribution in [2.75, 3.05) is 0 Å². The van der Waals surface area contributed by atoms with Crippen molar-refractivity contribution in [3.05, 3.63) is 34.9 Å². The second kappa shape index (κ2) is 6.56. The third-order valence-electron chi connectivity index (χ3n) is 3.69. The molecule has 0 saturated carbocycles. The molecule has 0 atom stereocenters. The first-order valence-electron chi connectivity index (χ1n) is 7.22. The Morgan fingerprint density at radius 2 is 2.10 bits per heavy atom. The summed E-state index contributed by atoms with van der Waals surface area (Å²) in [5.74, 6) is 0.0692. The highest BCUT2D eigenvalue weighted by molar-refractivity contribution is 5.75. The van der Waals surface area contributed by atoms with E-state index in [-0.39, 0.29) is 5.91 Å². The first-order chi connectivity index (χ1) is 9.97. The second-order valence-electron chi connectivity index (χ2n) is 5.41. The molecule has 114 valence electrons. The Morgan fingerprint density at radius 3 is 2.67 bits per heavy atom. The van der Waals surface area contributed by atoms with Gasteiger partial charge in [-0.2, -0.15) is 10.2 Å². The van der Waals surface area contributed by atoms with Gasteiger partial charge in [-0.3, -0.25) is 14.2 Å². The largest absolute Gasteiger partial charge is 0.352 e. The Kier molecular flexibility index (Phi) is 4.77. The van der Waals surface area contributed by atoms with E-state index in [9.17, 15) is 4.79 Å². The van der Waals surface area contributed by atoms with Gasteiger partial charge in [0, 0.05) is 43.5 Å². The van der Waals surface area contributed by atoms with Crippen molar-refractivity contribution in [2.45, 2.75) is 46.7 Å². The van der Waals surface area contributed by atoms with Crippen LogP contribution < -0.4 is 5.32 Å². The molecular weight excluding hydrogens is 266 g/mol. The van der Waals surface area contributed by atoms with Crippen LogP contribution in [0.4, 0.5) is 0 Å². The third-order valence-corrected chi connectivity index (χ3v) is 3.69. The Balaban J connectivity index is 1.73. The maximum atomic E-state index is 11.8. The summed E-state index contributed by atoms with van der Waals surface area (Å²) in [4.78, 5) is 11.8. The van der Waals surface area contributed by atoms with Gasteiger partial charge in [-0.1, -0.05) is 0 Å². The topological polar surface area (TPSA) is 64.7 Å². The van der Waals surface area contributed by atoms with Crippen LogP contribution in [0.2, 0.25) is 0 Å². The molecule has 1 amide bonds. The quantitative estimate of drug-likeness (QED) is 0.879. The standard InChI is InChI=1S/C15H23N5O/c1-11-8-12(2)20(18-11)7-5-6-15(21)16-9-14-10-17-19(4)13(14)3/h8,10H,5-7,9H2,1-4H3,(H,16,21). The Bertz CT molecular complexity index is 626. The maximum absolute atomic E-state index is 11.8. The zero-order valence-electron chi connectivity index (χ0n) is 13.2. The molecule has 0 aliphatic carbocycles. The highest BCUT2D eigenvalue weighted by Gasteiger charge is 2.07. The van der Waals surface area contributed by atoms with Crippen LogP contribution in [-0.2, 0) is 24.9 Å². The van der Waals surface area contributed by atoms with Crippen molar-refractivity contribution in [1.82, 2.24) is 24.9 Å². The molecule has 2 rings (SSSR count). The van der Waals surface area contributed by atoms with Crippen molar-refractivity contribution >= 4 is 5.91 Å². The van der Waals surface area contributed by atoms with Crippen LogP contribution in [0.15, 0.2) is 12.3 Å². The van der Waals surface area contributed by atoms with E-state index in [4.69, 9.17) is 0 Å². The highest BCUT2D eigenvalue weighted by atomic mass is 16.1. The van der Waals surface area contributed by atoms with Crippen LogP contribution in [0, 0.1) is 20.8 Å². The lowest BCUT2D eigenvalue weighted by atomic mass is 10.2. The molecule has 6 nitrogen and oxygen atoms in total. The van der Waals surface area contributed by atoms with E-state index in [0.717, 1.165) is 35.6 Å². The third kappa shape index (κ3) is 3.93. The number of hydrogen-bond acceptors (Lipinski definition) is 3. The van der Waals surface area contributed by atoms with Gasteiger partial charge in [0.2, 0.25) is 5.91 Å². The number of rotatable bonds is 6.